The molecule has 0 fully saturated rings. The van der Waals surface area contributed by atoms with E-state index in [0.29, 0.717) is 29.3 Å². The molecule has 0 saturated carbocycles. The fourth-order valence-electron chi connectivity index (χ4n) is 2.63. The SMILES string of the molecule is CC(=O)NC(=S)Nc1ccc(NC(=O)c2cccc(OCc3ccccc3)c2)cc1. The Hall–Kier alpha value is -3.71. The molecule has 0 spiro atoms. The third kappa shape index (κ3) is 6.42. The van der Waals surface area contributed by atoms with Gasteiger partial charge in [0.05, 0.1) is 0 Å². The van der Waals surface area contributed by atoms with Crippen LogP contribution in [0.2, 0.25) is 0 Å². The minimum atomic E-state index is -0.244. The molecule has 3 rings (SSSR count). The van der Waals surface area contributed by atoms with E-state index in [0.717, 1.165) is 5.56 Å². The molecule has 0 aromatic heterocycles. The second-order valence-corrected chi connectivity index (χ2v) is 6.88. The first-order valence-electron chi connectivity index (χ1n) is 9.26. The Balaban J connectivity index is 1.57. The topological polar surface area (TPSA) is 79.5 Å². The van der Waals surface area contributed by atoms with Crippen LogP contribution in [0.25, 0.3) is 0 Å². The highest BCUT2D eigenvalue weighted by Gasteiger charge is 2.08. The first kappa shape index (κ1) is 21.0. The van der Waals surface area contributed by atoms with Gasteiger partial charge >= 0.3 is 0 Å². The van der Waals surface area contributed by atoms with Gasteiger partial charge in [0.1, 0.15) is 12.4 Å². The fourth-order valence-corrected chi connectivity index (χ4v) is 2.89. The molecule has 3 N–H and O–H groups in total. The highest BCUT2D eigenvalue weighted by atomic mass is 32.1. The van der Waals surface area contributed by atoms with E-state index in [4.69, 9.17) is 17.0 Å². The molecule has 3 aromatic rings. The molecule has 3 aromatic carbocycles. The molecular weight excluding hydrogens is 398 g/mol. The van der Waals surface area contributed by atoms with Gasteiger partial charge in [-0.15, -0.1) is 0 Å². The van der Waals surface area contributed by atoms with E-state index in [1.807, 2.05) is 36.4 Å². The minimum absolute atomic E-state index is 0.214. The fraction of sp³-hybridized carbons (Fsp3) is 0.0870. The van der Waals surface area contributed by atoms with E-state index in [9.17, 15) is 9.59 Å². The molecule has 6 nitrogen and oxygen atoms in total. The molecule has 0 atom stereocenters. The summed E-state index contributed by atoms with van der Waals surface area (Å²) in [7, 11) is 0. The maximum Gasteiger partial charge on any atom is 0.255 e. The maximum atomic E-state index is 12.6. The number of carbonyl (C=O) groups is 2. The summed E-state index contributed by atoms with van der Waals surface area (Å²) in [5.74, 6) is 0.138. The van der Waals surface area contributed by atoms with E-state index >= 15 is 0 Å². The lowest BCUT2D eigenvalue weighted by Gasteiger charge is -2.10. The molecule has 7 heteroatoms. The number of nitrogens with one attached hydrogen (secondary N) is 3. The van der Waals surface area contributed by atoms with Crippen molar-refractivity contribution in [1.82, 2.24) is 5.32 Å². The van der Waals surface area contributed by atoms with Gasteiger partial charge < -0.3 is 20.7 Å². The van der Waals surface area contributed by atoms with Crippen LogP contribution in [0.1, 0.15) is 22.8 Å². The van der Waals surface area contributed by atoms with E-state index in [1.54, 1.807) is 42.5 Å². The number of hydrogen-bond donors (Lipinski definition) is 3. The highest BCUT2D eigenvalue weighted by Crippen LogP contribution is 2.18. The number of anilines is 2. The molecule has 0 bridgehead atoms. The third-order valence-corrected chi connectivity index (χ3v) is 4.24. The average molecular weight is 420 g/mol. The van der Waals surface area contributed by atoms with Gasteiger partial charge in [-0.25, -0.2) is 0 Å². The zero-order valence-electron chi connectivity index (χ0n) is 16.3. The third-order valence-electron chi connectivity index (χ3n) is 4.03. The van der Waals surface area contributed by atoms with Crippen molar-refractivity contribution in [2.75, 3.05) is 10.6 Å². The number of hydrogen-bond acceptors (Lipinski definition) is 4. The van der Waals surface area contributed by atoms with Crippen molar-refractivity contribution in [3.63, 3.8) is 0 Å². The van der Waals surface area contributed by atoms with Crippen LogP contribution < -0.4 is 20.7 Å². The van der Waals surface area contributed by atoms with Crippen LogP contribution in [0.15, 0.2) is 78.9 Å². The first-order valence-corrected chi connectivity index (χ1v) is 9.67. The average Bonchev–Trinajstić information content (AvgIpc) is 2.74. The molecule has 2 amide bonds. The molecule has 0 aliphatic heterocycles. The predicted molar refractivity (Wildman–Crippen MR) is 122 cm³/mol. The standard InChI is InChI=1S/C23H21N3O3S/c1-16(27)24-23(30)26-20-12-10-19(11-13-20)25-22(28)18-8-5-9-21(14-18)29-15-17-6-3-2-4-7-17/h2-14H,15H2,1H3,(H,25,28)(H2,24,26,27,30). The van der Waals surface area contributed by atoms with Gasteiger partial charge in [-0.1, -0.05) is 36.4 Å². The van der Waals surface area contributed by atoms with E-state index in [1.165, 1.54) is 6.92 Å². The van der Waals surface area contributed by atoms with Crippen molar-refractivity contribution >= 4 is 40.5 Å². The molecule has 0 radical (unpaired) electrons. The van der Waals surface area contributed by atoms with Crippen molar-refractivity contribution in [3.05, 3.63) is 90.0 Å². The number of thiocarbonyl (C=S) groups is 1. The lowest BCUT2D eigenvalue weighted by atomic mass is 10.2. The maximum absolute atomic E-state index is 12.6. The number of amides is 2. The molecule has 0 aliphatic carbocycles. The quantitative estimate of drug-likeness (QED) is 0.518. The molecule has 0 saturated heterocycles. The second-order valence-electron chi connectivity index (χ2n) is 6.47. The lowest BCUT2D eigenvalue weighted by molar-refractivity contribution is -0.117. The predicted octanol–water partition coefficient (Wildman–Crippen LogP) is 4.35. The van der Waals surface area contributed by atoms with Crippen molar-refractivity contribution in [2.45, 2.75) is 13.5 Å². The van der Waals surface area contributed by atoms with Gasteiger partial charge in [0.2, 0.25) is 5.91 Å². The van der Waals surface area contributed by atoms with Crippen molar-refractivity contribution in [1.29, 1.82) is 0 Å². The van der Waals surface area contributed by atoms with Crippen molar-refractivity contribution in [2.24, 2.45) is 0 Å². The molecular formula is C23H21N3O3S. The number of benzene rings is 3. The van der Waals surface area contributed by atoms with Gasteiger partial charge in [0, 0.05) is 23.9 Å². The summed E-state index contributed by atoms with van der Waals surface area (Å²) >= 11 is 5.02. The van der Waals surface area contributed by atoms with Crippen LogP contribution in [0.5, 0.6) is 5.75 Å². The summed E-state index contributed by atoms with van der Waals surface area (Å²) < 4.78 is 5.78. The number of rotatable bonds is 6. The zero-order valence-corrected chi connectivity index (χ0v) is 17.2. The Morgan fingerprint density at radius 3 is 2.20 bits per heavy atom. The zero-order chi connectivity index (χ0) is 21.3. The van der Waals surface area contributed by atoms with Crippen LogP contribution in [-0.4, -0.2) is 16.9 Å². The largest absolute Gasteiger partial charge is 0.489 e. The van der Waals surface area contributed by atoms with Crippen molar-refractivity contribution < 1.29 is 14.3 Å². The van der Waals surface area contributed by atoms with Crippen LogP contribution in [-0.2, 0) is 11.4 Å². The van der Waals surface area contributed by atoms with Crippen molar-refractivity contribution in [3.8, 4) is 5.75 Å². The van der Waals surface area contributed by atoms with Crippen LogP contribution >= 0.6 is 12.2 Å². The summed E-state index contributed by atoms with van der Waals surface area (Å²) in [6.45, 7) is 1.81. The van der Waals surface area contributed by atoms with Crippen LogP contribution in [0.3, 0.4) is 0 Å². The first-order chi connectivity index (χ1) is 14.5. The van der Waals surface area contributed by atoms with E-state index < -0.39 is 0 Å². The Morgan fingerprint density at radius 1 is 0.867 bits per heavy atom. The highest BCUT2D eigenvalue weighted by molar-refractivity contribution is 7.80. The lowest BCUT2D eigenvalue weighted by Crippen LogP contribution is -2.32. The van der Waals surface area contributed by atoms with E-state index in [-0.39, 0.29) is 16.9 Å². The Kier molecular flexibility index (Phi) is 7.13. The normalized spacial score (nSPS) is 10.0. The second kappa shape index (κ2) is 10.2. The smallest absolute Gasteiger partial charge is 0.255 e. The van der Waals surface area contributed by atoms with E-state index in [2.05, 4.69) is 16.0 Å². The van der Waals surface area contributed by atoms with Gasteiger partial charge in [0.15, 0.2) is 5.11 Å². The number of carbonyl (C=O) groups excluding carboxylic acids is 2. The van der Waals surface area contributed by atoms with Crippen LogP contribution in [0, 0.1) is 0 Å². The summed E-state index contributed by atoms with van der Waals surface area (Å²) in [5.41, 5.74) is 2.88. The Labute approximate surface area is 180 Å². The Morgan fingerprint density at radius 2 is 1.53 bits per heavy atom. The summed E-state index contributed by atoms with van der Waals surface area (Å²) in [5, 5.41) is 8.44. The van der Waals surface area contributed by atoms with Gasteiger partial charge in [-0.2, -0.15) is 0 Å². The van der Waals surface area contributed by atoms with Gasteiger partial charge in [0.25, 0.3) is 5.91 Å². The number of ether oxygens (including phenoxy) is 1. The Bertz CT molecular complexity index is 1040. The monoisotopic (exact) mass is 419 g/mol. The molecule has 0 aliphatic rings. The minimum Gasteiger partial charge on any atom is -0.489 e. The van der Waals surface area contributed by atoms with Gasteiger partial charge in [-0.05, 0) is 60.2 Å². The molecule has 152 valence electrons. The molecule has 30 heavy (non-hydrogen) atoms. The van der Waals surface area contributed by atoms with Crippen LogP contribution in [0.4, 0.5) is 11.4 Å². The molecule has 0 unspecified atom stereocenters. The summed E-state index contributed by atoms with van der Waals surface area (Å²) in [6.07, 6.45) is 0. The summed E-state index contributed by atoms with van der Waals surface area (Å²) in [4.78, 5) is 23.6. The summed E-state index contributed by atoms with van der Waals surface area (Å²) in [6, 6.07) is 23.9. The molecule has 0 heterocycles. The van der Waals surface area contributed by atoms with Gasteiger partial charge in [-0.3, -0.25) is 9.59 Å².